The molecule has 0 aromatic carbocycles. The normalized spacial score (nSPS) is 12.0. The van der Waals surface area contributed by atoms with Gasteiger partial charge < -0.3 is 14.2 Å². The minimum absolute atomic E-state index is 0.0625. The van der Waals surface area contributed by atoms with Gasteiger partial charge in [-0.05, 0) is 31.1 Å². The van der Waals surface area contributed by atoms with Crippen LogP contribution in [0.1, 0.15) is 330 Å². The van der Waals surface area contributed by atoms with Crippen molar-refractivity contribution in [2.24, 2.45) is 11.8 Å². The van der Waals surface area contributed by atoms with Crippen LogP contribution in [0.4, 0.5) is 0 Å². The Labute approximate surface area is 406 Å². The van der Waals surface area contributed by atoms with E-state index in [9.17, 15) is 14.4 Å². The van der Waals surface area contributed by atoms with Crippen molar-refractivity contribution in [2.75, 3.05) is 13.2 Å². The predicted molar refractivity (Wildman–Crippen MR) is 280 cm³/mol. The van der Waals surface area contributed by atoms with Crippen LogP contribution >= 0.6 is 0 Å². The zero-order valence-corrected chi connectivity index (χ0v) is 44.6. The van der Waals surface area contributed by atoms with E-state index in [0.717, 1.165) is 69.6 Å². The fraction of sp³-hybridized carbons (Fsp3) is 0.949. The maximum Gasteiger partial charge on any atom is 0.306 e. The molecule has 0 spiro atoms. The summed E-state index contributed by atoms with van der Waals surface area (Å²) in [5.41, 5.74) is 0. The van der Waals surface area contributed by atoms with Crippen LogP contribution in [-0.4, -0.2) is 37.2 Å². The van der Waals surface area contributed by atoms with Gasteiger partial charge in [-0.25, -0.2) is 0 Å². The lowest BCUT2D eigenvalue weighted by Gasteiger charge is -2.18. The van der Waals surface area contributed by atoms with Crippen molar-refractivity contribution in [3.05, 3.63) is 0 Å². The quantitative estimate of drug-likeness (QED) is 0.0344. The lowest BCUT2D eigenvalue weighted by atomic mass is 10.0. The Morgan fingerprint density at radius 3 is 0.754 bits per heavy atom. The topological polar surface area (TPSA) is 78.9 Å². The molecule has 386 valence electrons. The molecule has 0 amide bonds. The van der Waals surface area contributed by atoms with Crippen LogP contribution in [0.15, 0.2) is 0 Å². The summed E-state index contributed by atoms with van der Waals surface area (Å²) < 4.78 is 16.9. The predicted octanol–water partition coefficient (Wildman–Crippen LogP) is 19.3. The molecule has 65 heavy (non-hydrogen) atoms. The summed E-state index contributed by atoms with van der Waals surface area (Å²) in [5.74, 6) is 0.853. The maximum atomic E-state index is 12.8. The Bertz CT molecular complexity index is 993. The molecule has 0 aromatic rings. The number of esters is 3. The van der Waals surface area contributed by atoms with Crippen molar-refractivity contribution >= 4 is 17.9 Å². The van der Waals surface area contributed by atoms with Gasteiger partial charge in [0.2, 0.25) is 0 Å². The first-order valence-electron chi connectivity index (χ1n) is 29.2. The summed E-state index contributed by atoms with van der Waals surface area (Å²) in [5, 5.41) is 0. The van der Waals surface area contributed by atoms with Crippen LogP contribution in [-0.2, 0) is 28.6 Å². The molecule has 0 unspecified atom stereocenters. The van der Waals surface area contributed by atoms with E-state index in [1.807, 2.05) is 0 Å². The van der Waals surface area contributed by atoms with Crippen LogP contribution in [0.5, 0.6) is 0 Å². The second-order valence-electron chi connectivity index (χ2n) is 21.2. The van der Waals surface area contributed by atoms with Gasteiger partial charge in [-0.2, -0.15) is 0 Å². The minimum Gasteiger partial charge on any atom is -0.462 e. The van der Waals surface area contributed by atoms with Crippen LogP contribution in [0.2, 0.25) is 0 Å². The summed E-state index contributed by atoms with van der Waals surface area (Å²) in [6.07, 6.45) is 55.2. The lowest BCUT2D eigenvalue weighted by molar-refractivity contribution is -0.167. The third-order valence-corrected chi connectivity index (χ3v) is 13.5. The Morgan fingerprint density at radius 1 is 0.292 bits per heavy atom. The van der Waals surface area contributed by atoms with Crippen molar-refractivity contribution < 1.29 is 28.6 Å². The van der Waals surface area contributed by atoms with E-state index < -0.39 is 6.10 Å². The Hall–Kier alpha value is -1.59. The molecule has 0 aliphatic carbocycles. The fourth-order valence-corrected chi connectivity index (χ4v) is 9.05. The molecule has 6 nitrogen and oxygen atoms in total. The first kappa shape index (κ1) is 63.4. The summed E-state index contributed by atoms with van der Waals surface area (Å²) in [6, 6.07) is 0. The zero-order chi connectivity index (χ0) is 47.5. The molecule has 0 bridgehead atoms. The second-order valence-corrected chi connectivity index (χ2v) is 21.2. The molecule has 1 atom stereocenters. The van der Waals surface area contributed by atoms with Gasteiger partial charge in [-0.3, -0.25) is 14.4 Å². The van der Waals surface area contributed by atoms with Crippen LogP contribution < -0.4 is 0 Å². The average Bonchev–Trinajstić information content (AvgIpc) is 3.28. The molecule has 0 rings (SSSR count). The van der Waals surface area contributed by atoms with E-state index >= 15 is 0 Å². The zero-order valence-electron chi connectivity index (χ0n) is 44.6. The monoisotopic (exact) mass is 919 g/mol. The summed E-state index contributed by atoms with van der Waals surface area (Å²) >= 11 is 0. The van der Waals surface area contributed by atoms with Crippen molar-refractivity contribution in [3.8, 4) is 0 Å². The van der Waals surface area contributed by atoms with Crippen LogP contribution in [0.3, 0.4) is 0 Å². The highest BCUT2D eigenvalue weighted by molar-refractivity contribution is 5.71. The van der Waals surface area contributed by atoms with Gasteiger partial charge in [0.1, 0.15) is 13.2 Å². The van der Waals surface area contributed by atoms with Crippen LogP contribution in [0.25, 0.3) is 0 Å². The lowest BCUT2D eigenvalue weighted by Crippen LogP contribution is -2.30. The molecule has 0 aromatic heterocycles. The summed E-state index contributed by atoms with van der Waals surface area (Å²) in [7, 11) is 0. The second kappa shape index (κ2) is 51.8. The highest BCUT2D eigenvalue weighted by Gasteiger charge is 2.19. The third kappa shape index (κ3) is 53.2. The molecule has 0 fully saturated rings. The molecule has 0 aliphatic heterocycles. The molecular formula is C59H114O6. The van der Waals surface area contributed by atoms with Gasteiger partial charge in [-0.1, -0.05) is 291 Å². The number of rotatable bonds is 53. The molecule has 0 aliphatic rings. The minimum atomic E-state index is -0.762. The number of ether oxygens (including phenoxy) is 3. The van der Waals surface area contributed by atoms with E-state index in [-0.39, 0.29) is 31.1 Å². The Morgan fingerprint density at radius 2 is 0.508 bits per heavy atom. The average molecular weight is 920 g/mol. The van der Waals surface area contributed by atoms with E-state index in [1.165, 1.54) is 218 Å². The van der Waals surface area contributed by atoms with Gasteiger partial charge in [0.15, 0.2) is 6.10 Å². The highest BCUT2D eigenvalue weighted by atomic mass is 16.6. The molecular weight excluding hydrogens is 805 g/mol. The number of hydrogen-bond donors (Lipinski definition) is 0. The molecule has 0 radical (unpaired) electrons. The maximum absolute atomic E-state index is 12.8. The van der Waals surface area contributed by atoms with Gasteiger partial charge in [0.25, 0.3) is 0 Å². The van der Waals surface area contributed by atoms with Gasteiger partial charge in [0, 0.05) is 19.3 Å². The highest BCUT2D eigenvalue weighted by Crippen LogP contribution is 2.18. The Kier molecular flexibility index (Phi) is 50.5. The van der Waals surface area contributed by atoms with E-state index in [4.69, 9.17) is 14.2 Å². The molecule has 0 saturated carbocycles. The van der Waals surface area contributed by atoms with Crippen molar-refractivity contribution in [1.82, 2.24) is 0 Å². The number of carbonyl (C=O) groups is 3. The van der Waals surface area contributed by atoms with Crippen LogP contribution in [0, 0.1) is 11.8 Å². The number of unbranched alkanes of at least 4 members (excludes halogenated alkanes) is 38. The van der Waals surface area contributed by atoms with Gasteiger partial charge >= 0.3 is 17.9 Å². The first-order chi connectivity index (χ1) is 31.7. The van der Waals surface area contributed by atoms with E-state index in [0.29, 0.717) is 19.3 Å². The van der Waals surface area contributed by atoms with E-state index in [2.05, 4.69) is 34.6 Å². The third-order valence-electron chi connectivity index (χ3n) is 13.5. The standard InChI is InChI=1S/C59H114O6/c1-6-7-8-9-10-11-12-24-29-34-39-44-49-57(60)63-52-56(65-59(62)51-46-41-36-31-26-21-17-19-23-28-33-38-43-48-55(4)5)53-64-58(61)50-45-40-35-30-25-20-16-14-13-15-18-22-27-32-37-42-47-54(2)3/h54-56H,6-53H2,1-5H3/t56-/m1/s1. The van der Waals surface area contributed by atoms with Crippen molar-refractivity contribution in [2.45, 2.75) is 336 Å². The smallest absolute Gasteiger partial charge is 0.306 e. The SMILES string of the molecule is CCCCCCCCCCCCCCC(=O)OC[C@H](COC(=O)CCCCCCCCCCCCCCCCCCC(C)C)OC(=O)CCCCCCCCCCCCCCCC(C)C. The summed E-state index contributed by atoms with van der Waals surface area (Å²) in [4.78, 5) is 38.1. The van der Waals surface area contributed by atoms with Gasteiger partial charge in [0.05, 0.1) is 0 Å². The molecule has 6 heteroatoms. The van der Waals surface area contributed by atoms with Crippen molar-refractivity contribution in [1.29, 1.82) is 0 Å². The molecule has 0 heterocycles. The Balaban J connectivity index is 4.26. The van der Waals surface area contributed by atoms with Gasteiger partial charge in [-0.15, -0.1) is 0 Å². The van der Waals surface area contributed by atoms with Crippen molar-refractivity contribution in [3.63, 3.8) is 0 Å². The number of hydrogen-bond acceptors (Lipinski definition) is 6. The first-order valence-corrected chi connectivity index (χ1v) is 29.2. The van der Waals surface area contributed by atoms with E-state index in [1.54, 1.807) is 0 Å². The largest absolute Gasteiger partial charge is 0.462 e. The fourth-order valence-electron chi connectivity index (χ4n) is 9.05. The number of carbonyl (C=O) groups excluding carboxylic acids is 3. The molecule has 0 saturated heterocycles. The summed E-state index contributed by atoms with van der Waals surface area (Å²) in [6.45, 7) is 11.4. The molecule has 0 N–H and O–H groups in total.